The van der Waals surface area contributed by atoms with Gasteiger partial charge in [-0.2, -0.15) is 13.2 Å². The Morgan fingerprint density at radius 3 is 2.30 bits per heavy atom. The molecule has 9 heteroatoms. The van der Waals surface area contributed by atoms with Crippen molar-refractivity contribution in [2.45, 2.75) is 18.8 Å². The number of ether oxygens (including phenoxy) is 1. The third-order valence-electron chi connectivity index (χ3n) is 4.13. The highest BCUT2D eigenvalue weighted by molar-refractivity contribution is 5.89. The molecule has 0 radical (unpaired) electrons. The number of benzene rings is 2. The van der Waals surface area contributed by atoms with Crippen LogP contribution in [0.1, 0.15) is 22.8 Å². The summed E-state index contributed by atoms with van der Waals surface area (Å²) in [6.07, 6.45) is -3.51. The molecule has 2 aromatic carbocycles. The van der Waals surface area contributed by atoms with Gasteiger partial charge in [-0.15, -0.1) is 0 Å². The van der Waals surface area contributed by atoms with E-state index in [4.69, 9.17) is 14.9 Å². The molecule has 2 aromatic rings. The summed E-state index contributed by atoms with van der Waals surface area (Å²) in [4.78, 5) is 21.2. The van der Waals surface area contributed by atoms with Crippen molar-refractivity contribution in [2.24, 2.45) is 0 Å². The van der Waals surface area contributed by atoms with Crippen LogP contribution in [0.15, 0.2) is 60.7 Å². The molecule has 160 valence electrons. The van der Waals surface area contributed by atoms with E-state index in [0.717, 1.165) is 29.8 Å². The van der Waals surface area contributed by atoms with Crippen molar-refractivity contribution in [2.75, 3.05) is 13.6 Å². The third-order valence-corrected chi connectivity index (χ3v) is 4.13. The molecule has 1 atom stereocenters. The zero-order chi connectivity index (χ0) is 22.3. The quantitative estimate of drug-likeness (QED) is 0.724. The molecule has 0 saturated carbocycles. The maximum atomic E-state index is 12.8. The molecule has 0 bridgehead atoms. The zero-order valence-electron chi connectivity index (χ0n) is 16.0. The van der Waals surface area contributed by atoms with E-state index in [1.54, 1.807) is 6.07 Å². The van der Waals surface area contributed by atoms with Crippen molar-refractivity contribution in [3.8, 4) is 5.75 Å². The minimum atomic E-state index is -4.36. The number of hydrogen-bond acceptors (Lipinski definition) is 4. The minimum Gasteiger partial charge on any atom is -0.484 e. The van der Waals surface area contributed by atoms with Gasteiger partial charge >= 0.3 is 18.1 Å². The molecule has 0 spiro atoms. The van der Waals surface area contributed by atoms with Crippen LogP contribution in [0, 0.1) is 0 Å². The molecule has 1 unspecified atom stereocenters. The smallest absolute Gasteiger partial charge is 0.416 e. The van der Waals surface area contributed by atoms with Crippen molar-refractivity contribution < 1.29 is 37.7 Å². The summed E-state index contributed by atoms with van der Waals surface area (Å²) in [6, 6.07) is 12.9. The fourth-order valence-corrected chi connectivity index (χ4v) is 2.88. The van der Waals surface area contributed by atoms with Gasteiger partial charge in [0.15, 0.2) is 0 Å². The van der Waals surface area contributed by atoms with Gasteiger partial charge in [-0.3, -0.25) is 4.90 Å². The SMILES string of the molecule is CN1Cc2ccccc2C(Oc2cccc(C(F)(F)F)c2)C1.O=C(O)C=CC(=O)O. The molecule has 2 N–H and O–H groups in total. The van der Waals surface area contributed by atoms with Gasteiger partial charge in [0.1, 0.15) is 11.9 Å². The zero-order valence-corrected chi connectivity index (χ0v) is 16.0. The van der Waals surface area contributed by atoms with E-state index in [1.165, 1.54) is 6.07 Å². The number of rotatable bonds is 4. The van der Waals surface area contributed by atoms with Crippen molar-refractivity contribution in [1.29, 1.82) is 0 Å². The van der Waals surface area contributed by atoms with Crippen LogP contribution in [0.4, 0.5) is 13.2 Å². The van der Waals surface area contributed by atoms with E-state index in [1.807, 2.05) is 31.3 Å². The second-order valence-electron chi connectivity index (χ2n) is 6.54. The number of carboxylic acid groups (broad SMARTS) is 2. The molecule has 3 rings (SSSR count). The monoisotopic (exact) mass is 423 g/mol. The average molecular weight is 423 g/mol. The average Bonchev–Trinajstić information content (AvgIpc) is 2.66. The van der Waals surface area contributed by atoms with Crippen LogP contribution in [-0.4, -0.2) is 40.6 Å². The van der Waals surface area contributed by atoms with Gasteiger partial charge in [0.2, 0.25) is 0 Å². The molecule has 1 aliphatic heterocycles. The first-order valence-corrected chi connectivity index (χ1v) is 8.80. The Balaban J connectivity index is 0.000000343. The Morgan fingerprint density at radius 1 is 1.07 bits per heavy atom. The fourth-order valence-electron chi connectivity index (χ4n) is 2.88. The Hall–Kier alpha value is -3.33. The van der Waals surface area contributed by atoms with Crippen LogP contribution in [0.5, 0.6) is 5.75 Å². The Morgan fingerprint density at radius 2 is 1.70 bits per heavy atom. The van der Waals surface area contributed by atoms with E-state index < -0.39 is 23.7 Å². The molecule has 6 nitrogen and oxygen atoms in total. The minimum absolute atomic E-state index is 0.241. The number of nitrogens with zero attached hydrogens (tertiary/aromatic N) is 1. The fraction of sp³-hybridized carbons (Fsp3) is 0.238. The highest BCUT2D eigenvalue weighted by atomic mass is 19.4. The normalized spacial score (nSPS) is 16.3. The number of hydrogen-bond donors (Lipinski definition) is 2. The van der Waals surface area contributed by atoms with Crippen molar-refractivity contribution >= 4 is 11.9 Å². The van der Waals surface area contributed by atoms with Gasteiger partial charge in [-0.05, 0) is 36.4 Å². The van der Waals surface area contributed by atoms with Gasteiger partial charge < -0.3 is 14.9 Å². The lowest BCUT2D eigenvalue weighted by molar-refractivity contribution is -0.137. The molecule has 0 aliphatic carbocycles. The highest BCUT2D eigenvalue weighted by Crippen LogP contribution is 2.34. The maximum Gasteiger partial charge on any atom is 0.416 e. The summed E-state index contributed by atoms with van der Waals surface area (Å²) in [6.45, 7) is 1.46. The number of carboxylic acids is 2. The summed E-state index contributed by atoms with van der Waals surface area (Å²) in [5.41, 5.74) is 1.49. The Labute approximate surface area is 170 Å². The van der Waals surface area contributed by atoms with Crippen molar-refractivity contribution in [3.05, 3.63) is 77.4 Å². The lowest BCUT2D eigenvalue weighted by atomic mass is 9.97. The number of halogens is 3. The topological polar surface area (TPSA) is 87.1 Å². The van der Waals surface area contributed by atoms with Crippen molar-refractivity contribution in [1.82, 2.24) is 4.90 Å². The van der Waals surface area contributed by atoms with E-state index >= 15 is 0 Å². The van der Waals surface area contributed by atoms with Crippen LogP contribution >= 0.6 is 0 Å². The third kappa shape index (κ3) is 6.93. The number of aliphatic carboxylic acids is 2. The predicted molar refractivity (Wildman–Crippen MR) is 102 cm³/mol. The highest BCUT2D eigenvalue weighted by Gasteiger charge is 2.31. The van der Waals surface area contributed by atoms with Crippen LogP contribution in [0.25, 0.3) is 0 Å². The second-order valence-corrected chi connectivity index (χ2v) is 6.54. The first-order valence-electron chi connectivity index (χ1n) is 8.80. The van der Waals surface area contributed by atoms with E-state index in [0.29, 0.717) is 18.7 Å². The number of carbonyl (C=O) groups is 2. The molecular formula is C21H20F3NO5. The van der Waals surface area contributed by atoms with E-state index in [9.17, 15) is 22.8 Å². The lowest BCUT2D eigenvalue weighted by Gasteiger charge is -2.32. The van der Waals surface area contributed by atoms with E-state index in [2.05, 4.69) is 4.90 Å². The van der Waals surface area contributed by atoms with Crippen LogP contribution in [0.2, 0.25) is 0 Å². The summed E-state index contributed by atoms with van der Waals surface area (Å²) < 4.78 is 44.2. The van der Waals surface area contributed by atoms with Crippen molar-refractivity contribution in [3.63, 3.8) is 0 Å². The largest absolute Gasteiger partial charge is 0.484 e. The summed E-state index contributed by atoms with van der Waals surface area (Å²) in [5, 5.41) is 15.6. The molecule has 30 heavy (non-hydrogen) atoms. The number of likely N-dealkylation sites (N-methyl/N-ethyl adjacent to an activating group) is 1. The lowest BCUT2D eigenvalue weighted by Crippen LogP contribution is -2.33. The second kappa shape index (κ2) is 9.93. The van der Waals surface area contributed by atoms with Crippen LogP contribution in [0.3, 0.4) is 0 Å². The van der Waals surface area contributed by atoms with Gasteiger partial charge in [0.05, 0.1) is 5.56 Å². The predicted octanol–water partition coefficient (Wildman–Crippen LogP) is 3.98. The molecule has 0 aromatic heterocycles. The molecule has 1 heterocycles. The first kappa shape index (κ1) is 23.0. The molecule has 0 amide bonds. The molecule has 0 fully saturated rings. The molecule has 1 aliphatic rings. The van der Waals surface area contributed by atoms with Gasteiger partial charge in [0.25, 0.3) is 0 Å². The summed E-state index contributed by atoms with van der Waals surface area (Å²) >= 11 is 0. The van der Waals surface area contributed by atoms with Crippen LogP contribution < -0.4 is 4.74 Å². The van der Waals surface area contributed by atoms with Gasteiger partial charge in [-0.25, -0.2) is 9.59 Å². The number of alkyl halides is 3. The van der Waals surface area contributed by atoms with Gasteiger partial charge in [-0.1, -0.05) is 30.3 Å². The maximum absolute atomic E-state index is 12.8. The Bertz CT molecular complexity index is 911. The van der Waals surface area contributed by atoms with Gasteiger partial charge in [0, 0.05) is 25.2 Å². The molecular weight excluding hydrogens is 403 g/mol. The van der Waals surface area contributed by atoms with Crippen LogP contribution in [-0.2, 0) is 22.3 Å². The summed E-state index contributed by atoms with van der Waals surface area (Å²) in [7, 11) is 1.97. The molecule has 0 saturated heterocycles. The summed E-state index contributed by atoms with van der Waals surface area (Å²) in [5.74, 6) is -2.27. The van der Waals surface area contributed by atoms with E-state index in [-0.39, 0.29) is 11.9 Å². The number of fused-ring (bicyclic) bond motifs is 1. The standard InChI is InChI=1S/C17H16F3NO.C4H4O4/c1-21-10-12-5-2-3-8-15(12)16(11-21)22-14-7-4-6-13(9-14)17(18,19)20;5-3(6)1-2-4(7)8/h2-9,16H,10-11H2,1H3;1-2H,(H,5,6)(H,7,8). The Kier molecular flexibility index (Phi) is 7.60. The first-order chi connectivity index (χ1) is 14.1.